The molecule has 0 saturated heterocycles. The summed E-state index contributed by atoms with van der Waals surface area (Å²) in [4.78, 5) is 16.4. The summed E-state index contributed by atoms with van der Waals surface area (Å²) in [5, 5.41) is 6.72. The molecule has 0 saturated carbocycles. The molecule has 0 aromatic carbocycles. The fourth-order valence-corrected chi connectivity index (χ4v) is 2.32. The van der Waals surface area contributed by atoms with Crippen LogP contribution in [0.1, 0.15) is 47.0 Å². The van der Waals surface area contributed by atoms with Gasteiger partial charge in [0.2, 0.25) is 5.95 Å². The number of nitrogens with zero attached hydrogens (tertiary/aromatic N) is 3. The molecule has 0 fully saturated rings. The Hall–Kier alpha value is -1.85. The minimum atomic E-state index is 0.361. The number of hydrogen-bond acceptors (Lipinski definition) is 5. The first-order valence-electron chi connectivity index (χ1n) is 7.85. The molecule has 0 bridgehead atoms. The number of aromatic nitrogens is 4. The van der Waals surface area contributed by atoms with Crippen LogP contribution in [0.25, 0.3) is 11.2 Å². The lowest BCUT2D eigenvalue weighted by Crippen LogP contribution is -2.20. The molecular formula is C15H26N6. The van der Waals surface area contributed by atoms with Gasteiger partial charge in [0, 0.05) is 12.6 Å². The highest BCUT2D eigenvalue weighted by atomic mass is 15.2. The van der Waals surface area contributed by atoms with Crippen LogP contribution in [-0.2, 0) is 0 Å². The molecule has 6 nitrogen and oxygen atoms in total. The Balaban J connectivity index is 2.18. The lowest BCUT2D eigenvalue weighted by atomic mass is 10.0. The van der Waals surface area contributed by atoms with Crippen molar-refractivity contribution in [3.05, 3.63) is 6.33 Å². The summed E-state index contributed by atoms with van der Waals surface area (Å²) < 4.78 is 0. The molecule has 2 atom stereocenters. The van der Waals surface area contributed by atoms with Crippen LogP contribution < -0.4 is 10.6 Å². The molecule has 21 heavy (non-hydrogen) atoms. The van der Waals surface area contributed by atoms with E-state index in [-0.39, 0.29) is 0 Å². The van der Waals surface area contributed by atoms with Crippen LogP contribution in [0.2, 0.25) is 0 Å². The van der Waals surface area contributed by atoms with Crippen LogP contribution in [0.15, 0.2) is 6.33 Å². The number of nitrogens with one attached hydrogen (secondary N) is 3. The summed E-state index contributed by atoms with van der Waals surface area (Å²) >= 11 is 0. The largest absolute Gasteiger partial charge is 0.366 e. The topological polar surface area (TPSA) is 78.5 Å². The number of hydrogen-bond donors (Lipinski definition) is 3. The number of rotatable bonds is 8. The first kappa shape index (κ1) is 15.5. The highest BCUT2D eigenvalue weighted by molar-refractivity contribution is 5.83. The molecule has 2 rings (SSSR count). The maximum absolute atomic E-state index is 4.58. The number of fused-ring (bicyclic) bond motifs is 1. The summed E-state index contributed by atoms with van der Waals surface area (Å²) in [6.07, 6.45) is 5.01. The van der Waals surface area contributed by atoms with Crippen LogP contribution in [-0.4, -0.2) is 32.5 Å². The van der Waals surface area contributed by atoms with Crippen LogP contribution in [0.4, 0.5) is 11.8 Å². The van der Waals surface area contributed by atoms with E-state index in [2.05, 4.69) is 58.3 Å². The maximum Gasteiger partial charge on any atom is 0.226 e. The third-order valence-electron chi connectivity index (χ3n) is 3.65. The van der Waals surface area contributed by atoms with Crippen molar-refractivity contribution >= 4 is 22.9 Å². The van der Waals surface area contributed by atoms with E-state index in [4.69, 9.17) is 0 Å². The lowest BCUT2D eigenvalue weighted by molar-refractivity contribution is 0.483. The summed E-state index contributed by atoms with van der Waals surface area (Å²) in [5.74, 6) is 2.16. The van der Waals surface area contributed by atoms with Crippen molar-refractivity contribution in [3.63, 3.8) is 0 Å². The van der Waals surface area contributed by atoms with E-state index < -0.39 is 0 Å². The van der Waals surface area contributed by atoms with Crippen molar-refractivity contribution in [2.75, 3.05) is 17.2 Å². The average Bonchev–Trinajstić information content (AvgIpc) is 2.93. The molecule has 0 aliphatic rings. The fourth-order valence-electron chi connectivity index (χ4n) is 2.32. The second-order valence-corrected chi connectivity index (χ2v) is 5.72. The molecule has 0 radical (unpaired) electrons. The monoisotopic (exact) mass is 290 g/mol. The Morgan fingerprint density at radius 3 is 2.76 bits per heavy atom. The minimum absolute atomic E-state index is 0.361. The Bertz CT molecular complexity index is 564. The second kappa shape index (κ2) is 7.24. The highest BCUT2D eigenvalue weighted by Crippen LogP contribution is 2.21. The van der Waals surface area contributed by atoms with Gasteiger partial charge in [-0.3, -0.25) is 0 Å². The van der Waals surface area contributed by atoms with E-state index >= 15 is 0 Å². The van der Waals surface area contributed by atoms with E-state index in [9.17, 15) is 0 Å². The number of imidazole rings is 1. The predicted molar refractivity (Wildman–Crippen MR) is 87.6 cm³/mol. The maximum atomic E-state index is 4.58. The molecule has 2 unspecified atom stereocenters. The molecule has 0 amide bonds. The number of H-pyrrole nitrogens is 1. The van der Waals surface area contributed by atoms with Gasteiger partial charge in [0.05, 0.1) is 6.33 Å². The first-order valence-corrected chi connectivity index (χ1v) is 7.85. The zero-order valence-corrected chi connectivity index (χ0v) is 13.4. The second-order valence-electron chi connectivity index (χ2n) is 5.72. The van der Waals surface area contributed by atoms with E-state index in [0.29, 0.717) is 23.6 Å². The smallest absolute Gasteiger partial charge is 0.226 e. The standard InChI is InChI=1S/C15H26N6/c1-5-7-16-15-20-13-12(17-9-18-13)14(21-15)19-11(4)8-10(3)6-2/h9-11H,5-8H2,1-4H3,(H3,16,17,18,19,20,21). The molecule has 0 spiro atoms. The molecule has 3 N–H and O–H groups in total. The van der Waals surface area contributed by atoms with Crippen LogP contribution in [0.5, 0.6) is 0 Å². The van der Waals surface area contributed by atoms with E-state index in [1.165, 1.54) is 6.42 Å². The summed E-state index contributed by atoms with van der Waals surface area (Å²) in [5.41, 5.74) is 1.56. The number of anilines is 2. The van der Waals surface area contributed by atoms with Crippen LogP contribution in [0, 0.1) is 5.92 Å². The quantitative estimate of drug-likeness (QED) is 0.694. The van der Waals surface area contributed by atoms with Gasteiger partial charge in [0.25, 0.3) is 0 Å². The van der Waals surface area contributed by atoms with Crippen LogP contribution in [0.3, 0.4) is 0 Å². The normalized spacial score (nSPS) is 14.1. The van der Waals surface area contributed by atoms with Gasteiger partial charge >= 0.3 is 0 Å². The molecule has 0 aliphatic carbocycles. The Labute approximate surface area is 126 Å². The van der Waals surface area contributed by atoms with Gasteiger partial charge in [-0.15, -0.1) is 0 Å². The van der Waals surface area contributed by atoms with Crippen molar-refractivity contribution in [2.45, 2.75) is 53.0 Å². The third kappa shape index (κ3) is 4.06. The van der Waals surface area contributed by atoms with Crippen molar-refractivity contribution in [1.29, 1.82) is 0 Å². The van der Waals surface area contributed by atoms with E-state index in [1.54, 1.807) is 6.33 Å². The van der Waals surface area contributed by atoms with Gasteiger partial charge in [-0.25, -0.2) is 4.98 Å². The van der Waals surface area contributed by atoms with Crippen LogP contribution >= 0.6 is 0 Å². The summed E-state index contributed by atoms with van der Waals surface area (Å²) in [7, 11) is 0. The van der Waals surface area contributed by atoms with Crippen molar-refractivity contribution in [2.24, 2.45) is 5.92 Å². The Kier molecular flexibility index (Phi) is 5.36. The average molecular weight is 290 g/mol. The summed E-state index contributed by atoms with van der Waals surface area (Å²) in [6.45, 7) is 9.67. The Morgan fingerprint density at radius 2 is 2.05 bits per heavy atom. The molecule has 0 aliphatic heterocycles. The first-order chi connectivity index (χ1) is 10.1. The molecule has 6 heteroatoms. The molecule has 116 valence electrons. The Morgan fingerprint density at radius 1 is 1.24 bits per heavy atom. The van der Waals surface area contributed by atoms with Gasteiger partial charge < -0.3 is 15.6 Å². The lowest BCUT2D eigenvalue weighted by Gasteiger charge is -2.18. The zero-order chi connectivity index (χ0) is 15.2. The van der Waals surface area contributed by atoms with Gasteiger partial charge in [0.1, 0.15) is 5.52 Å². The minimum Gasteiger partial charge on any atom is -0.366 e. The molecular weight excluding hydrogens is 264 g/mol. The SMILES string of the molecule is CCCNc1nc(NC(C)CC(C)CC)c2[nH]cnc2n1. The van der Waals surface area contributed by atoms with Crippen molar-refractivity contribution < 1.29 is 0 Å². The zero-order valence-electron chi connectivity index (χ0n) is 13.4. The third-order valence-corrected chi connectivity index (χ3v) is 3.65. The predicted octanol–water partition coefficient (Wildman–Crippen LogP) is 3.41. The van der Waals surface area contributed by atoms with Gasteiger partial charge in [0.15, 0.2) is 11.5 Å². The van der Waals surface area contributed by atoms with Gasteiger partial charge in [-0.1, -0.05) is 27.2 Å². The van der Waals surface area contributed by atoms with Gasteiger partial charge in [-0.2, -0.15) is 9.97 Å². The molecule has 2 aromatic heterocycles. The van der Waals surface area contributed by atoms with Crippen molar-refractivity contribution in [3.8, 4) is 0 Å². The highest BCUT2D eigenvalue weighted by Gasteiger charge is 2.13. The summed E-state index contributed by atoms with van der Waals surface area (Å²) in [6, 6.07) is 0.361. The van der Waals surface area contributed by atoms with Crippen molar-refractivity contribution in [1.82, 2.24) is 19.9 Å². The van der Waals surface area contributed by atoms with E-state index in [1.807, 2.05) is 0 Å². The molecule has 2 aromatic rings. The van der Waals surface area contributed by atoms with E-state index in [0.717, 1.165) is 30.7 Å². The fraction of sp³-hybridized carbons (Fsp3) is 0.667. The molecule has 2 heterocycles. The van der Waals surface area contributed by atoms with Gasteiger partial charge in [-0.05, 0) is 25.7 Å². The number of aromatic amines is 1.